The highest BCUT2D eigenvalue weighted by molar-refractivity contribution is 7.46. The Hall–Kier alpha value is -2.83. The summed E-state index contributed by atoms with van der Waals surface area (Å²) in [6, 6.07) is 3.96. The molecule has 1 aromatic carbocycles. The molecule has 0 saturated carbocycles. The van der Waals surface area contributed by atoms with Gasteiger partial charge in [0.15, 0.2) is 12.2 Å². The normalized spacial score (nSPS) is 22.4. The van der Waals surface area contributed by atoms with Crippen molar-refractivity contribution in [1.29, 1.82) is 0 Å². The molecule has 1 aliphatic rings. The molecule has 1 fully saturated rings. The van der Waals surface area contributed by atoms with E-state index in [2.05, 4.69) is 4.52 Å². The highest BCUT2D eigenvalue weighted by Gasteiger charge is 2.51. The summed E-state index contributed by atoms with van der Waals surface area (Å²) < 4.78 is 42.1. The number of rotatable bonds is 8. The van der Waals surface area contributed by atoms with Gasteiger partial charge >= 0.3 is 31.7 Å². The summed E-state index contributed by atoms with van der Waals surface area (Å²) in [6.45, 7) is 3.76. The first-order valence-corrected chi connectivity index (χ1v) is 11.0. The summed E-state index contributed by atoms with van der Waals surface area (Å²) in [5.41, 5.74) is 0.142. The average Bonchev–Trinajstić information content (AvgIpc) is 2.95. The summed E-state index contributed by atoms with van der Waals surface area (Å²) in [6.07, 6.45) is -5.11. The van der Waals surface area contributed by atoms with Crippen LogP contribution in [-0.4, -0.2) is 58.6 Å². The van der Waals surface area contributed by atoms with Gasteiger partial charge in [0.1, 0.15) is 23.7 Å². The molecule has 2 rings (SSSR count). The quantitative estimate of drug-likeness (QED) is 0.299. The first-order valence-electron chi connectivity index (χ1n) is 9.47. The van der Waals surface area contributed by atoms with E-state index in [0.29, 0.717) is 0 Å². The minimum absolute atomic E-state index is 0.0439. The predicted molar refractivity (Wildman–Crippen MR) is 106 cm³/mol. The van der Waals surface area contributed by atoms with E-state index in [1.54, 1.807) is 0 Å². The molecule has 0 amide bonds. The molecular weight excluding hydrogens is 467 g/mol. The van der Waals surface area contributed by atoms with Gasteiger partial charge in [-0.2, -0.15) is 0 Å². The van der Waals surface area contributed by atoms with Crippen molar-refractivity contribution in [2.45, 2.75) is 52.1 Å². The van der Waals surface area contributed by atoms with Gasteiger partial charge < -0.3 is 33.5 Å². The van der Waals surface area contributed by atoms with Gasteiger partial charge in [-0.25, -0.2) is 4.57 Å². The van der Waals surface area contributed by atoms with Gasteiger partial charge in [0.05, 0.1) is 6.61 Å². The molecule has 1 aliphatic heterocycles. The van der Waals surface area contributed by atoms with Crippen LogP contribution in [0.2, 0.25) is 0 Å². The SMILES string of the molecule is CC(=O)Oc1ccc([C@@H]2O[C@H](COP(=O)(O)O)[C@@H](OC(C)=O)[C@H]2OC(C)=O)c(OC(C)=O)c1. The maximum absolute atomic E-state index is 11.8. The number of phosphoric acid groups is 1. The fraction of sp³-hybridized carbons (Fsp3) is 0.474. The number of benzene rings is 1. The molecule has 1 saturated heterocycles. The third kappa shape index (κ3) is 7.91. The molecule has 1 aromatic rings. The van der Waals surface area contributed by atoms with Crippen molar-refractivity contribution in [3.63, 3.8) is 0 Å². The van der Waals surface area contributed by atoms with Crippen molar-refractivity contribution in [3.05, 3.63) is 23.8 Å². The molecule has 13 nitrogen and oxygen atoms in total. The molecule has 0 bridgehead atoms. The van der Waals surface area contributed by atoms with E-state index in [4.69, 9.17) is 33.5 Å². The molecule has 0 radical (unpaired) electrons. The minimum Gasteiger partial charge on any atom is -0.456 e. The zero-order valence-corrected chi connectivity index (χ0v) is 19.0. The maximum Gasteiger partial charge on any atom is 0.469 e. The van der Waals surface area contributed by atoms with Gasteiger partial charge in [-0.3, -0.25) is 23.7 Å². The van der Waals surface area contributed by atoms with Crippen molar-refractivity contribution < 1.29 is 61.7 Å². The van der Waals surface area contributed by atoms with Crippen LogP contribution in [0.3, 0.4) is 0 Å². The van der Waals surface area contributed by atoms with Crippen LogP contribution in [0.15, 0.2) is 18.2 Å². The van der Waals surface area contributed by atoms with Gasteiger partial charge in [-0.15, -0.1) is 0 Å². The Balaban J connectivity index is 2.52. The highest BCUT2D eigenvalue weighted by Crippen LogP contribution is 2.44. The van der Waals surface area contributed by atoms with E-state index in [9.17, 15) is 23.7 Å². The molecule has 33 heavy (non-hydrogen) atoms. The second-order valence-corrected chi connectivity index (χ2v) is 8.16. The summed E-state index contributed by atoms with van der Waals surface area (Å²) >= 11 is 0. The van der Waals surface area contributed by atoms with Crippen LogP contribution in [0.25, 0.3) is 0 Å². The Bertz CT molecular complexity index is 968. The number of esters is 4. The smallest absolute Gasteiger partial charge is 0.456 e. The molecule has 0 spiro atoms. The van der Waals surface area contributed by atoms with E-state index in [1.165, 1.54) is 25.1 Å². The van der Waals surface area contributed by atoms with E-state index in [0.717, 1.165) is 20.8 Å². The lowest BCUT2D eigenvalue weighted by Crippen LogP contribution is -2.39. The van der Waals surface area contributed by atoms with E-state index < -0.39 is 62.7 Å². The van der Waals surface area contributed by atoms with E-state index in [1.807, 2.05) is 0 Å². The molecule has 0 aliphatic carbocycles. The number of ether oxygens (including phenoxy) is 5. The molecule has 1 heterocycles. The number of carbonyl (C=O) groups is 4. The summed E-state index contributed by atoms with van der Waals surface area (Å²) in [7, 11) is -4.91. The van der Waals surface area contributed by atoms with Crippen LogP contribution in [-0.2, 0) is 42.5 Å². The van der Waals surface area contributed by atoms with Crippen molar-refractivity contribution in [1.82, 2.24) is 0 Å². The van der Waals surface area contributed by atoms with E-state index >= 15 is 0 Å². The Morgan fingerprint density at radius 1 is 0.909 bits per heavy atom. The Morgan fingerprint density at radius 2 is 1.48 bits per heavy atom. The van der Waals surface area contributed by atoms with Crippen molar-refractivity contribution >= 4 is 31.7 Å². The third-order valence-electron chi connectivity index (χ3n) is 4.13. The summed E-state index contributed by atoms with van der Waals surface area (Å²) in [5, 5.41) is 0. The van der Waals surface area contributed by atoms with Crippen LogP contribution in [0.5, 0.6) is 11.5 Å². The van der Waals surface area contributed by atoms with Crippen molar-refractivity contribution in [2.75, 3.05) is 6.61 Å². The zero-order chi connectivity index (χ0) is 24.9. The van der Waals surface area contributed by atoms with Gasteiger partial charge in [-0.1, -0.05) is 0 Å². The summed E-state index contributed by atoms with van der Waals surface area (Å²) in [5.74, 6) is -2.97. The highest BCUT2D eigenvalue weighted by atomic mass is 31.2. The van der Waals surface area contributed by atoms with Gasteiger partial charge in [0.2, 0.25) is 0 Å². The number of carbonyl (C=O) groups excluding carboxylic acids is 4. The maximum atomic E-state index is 11.8. The van der Waals surface area contributed by atoms with Gasteiger partial charge in [0.25, 0.3) is 0 Å². The van der Waals surface area contributed by atoms with E-state index in [-0.39, 0.29) is 17.1 Å². The molecule has 14 heteroatoms. The van der Waals surface area contributed by atoms with Crippen LogP contribution in [0.1, 0.15) is 39.4 Å². The lowest BCUT2D eigenvalue weighted by Gasteiger charge is -2.24. The number of phosphoric ester groups is 1. The lowest BCUT2D eigenvalue weighted by atomic mass is 10.00. The van der Waals surface area contributed by atoms with Gasteiger partial charge in [0, 0.05) is 39.3 Å². The minimum atomic E-state index is -4.91. The first kappa shape index (κ1) is 26.4. The molecule has 182 valence electrons. The van der Waals surface area contributed by atoms with Gasteiger partial charge in [-0.05, 0) is 12.1 Å². The fourth-order valence-electron chi connectivity index (χ4n) is 3.16. The van der Waals surface area contributed by atoms with Crippen molar-refractivity contribution in [3.8, 4) is 11.5 Å². The number of hydrogen-bond donors (Lipinski definition) is 2. The fourth-order valence-corrected chi connectivity index (χ4v) is 3.50. The second-order valence-electron chi connectivity index (χ2n) is 6.92. The van der Waals surface area contributed by atoms with Crippen LogP contribution < -0.4 is 9.47 Å². The number of hydrogen-bond acceptors (Lipinski definition) is 11. The second kappa shape index (κ2) is 10.9. The molecule has 0 unspecified atom stereocenters. The monoisotopic (exact) mass is 490 g/mol. The first-order chi connectivity index (χ1) is 15.3. The lowest BCUT2D eigenvalue weighted by molar-refractivity contribution is -0.164. The molecule has 0 aromatic heterocycles. The largest absolute Gasteiger partial charge is 0.469 e. The van der Waals surface area contributed by atoms with Crippen molar-refractivity contribution in [2.24, 2.45) is 0 Å². The Kier molecular flexibility index (Phi) is 8.69. The molecule has 4 atom stereocenters. The Morgan fingerprint density at radius 3 is 2.00 bits per heavy atom. The topological polar surface area (TPSA) is 181 Å². The van der Waals surface area contributed by atoms with Crippen LogP contribution >= 0.6 is 7.82 Å². The van der Waals surface area contributed by atoms with Crippen LogP contribution in [0.4, 0.5) is 0 Å². The zero-order valence-electron chi connectivity index (χ0n) is 18.1. The Labute approximate surface area is 188 Å². The molecule has 2 N–H and O–H groups in total. The van der Waals surface area contributed by atoms with Crippen LogP contribution in [0, 0.1) is 0 Å². The third-order valence-corrected chi connectivity index (χ3v) is 4.61. The predicted octanol–water partition coefficient (Wildman–Crippen LogP) is 0.950. The standard InChI is InChI=1S/C19H23O13P/c1-9(20)28-13-5-6-14(15(7-13)29-10(2)21)17-19(31-12(4)23)18(30-11(3)22)16(32-17)8-27-33(24,25)26/h5-7,16-19H,8H2,1-4H3,(H2,24,25,26)/t16-,17+,18-,19+/m1/s1. The summed E-state index contributed by atoms with van der Waals surface area (Å²) in [4.78, 5) is 64.4. The average molecular weight is 490 g/mol. The molecular formula is C19H23O13P.